The van der Waals surface area contributed by atoms with E-state index in [2.05, 4.69) is 0 Å². The van der Waals surface area contributed by atoms with E-state index in [4.69, 9.17) is 24.7 Å². The molecule has 50 heavy (non-hydrogen) atoms. The number of allylic oxidation sites excluding steroid dienone is 6. The third kappa shape index (κ3) is 12.7. The number of carbonyl (C=O) groups is 2. The number of nitrogens with two attached hydrogens (primary N) is 1. The lowest BCUT2D eigenvalue weighted by atomic mass is 9.84. The Bertz CT molecular complexity index is 1190. The highest BCUT2D eigenvalue weighted by Crippen LogP contribution is 2.37. The molecule has 0 saturated carbocycles. The molecule has 0 amide bonds. The standard InChI is InChI=1S/C37H59NO12/c1-5-28-29(41)18-25(39)15-13-16-26(40)20-37(46)21-30(42)23(3)31(50-37)19-27(49-36-34(44)32(38)33(43)24(4)48-36)17-12-10-8-6-7-9-11-14-22(2)47-35(28)45/h6-12,17,22-24,26-34,36,40-44,46H,5,13-16,18-21,38H2,1-4H3/t22-,23-,24?,26+,27+,28+,29-,30+,31?,32?,33?,34?,36?,37-/m1/s1. The van der Waals surface area contributed by atoms with Crippen LogP contribution in [-0.4, -0.2) is 115 Å². The van der Waals surface area contributed by atoms with Crippen LogP contribution in [0.2, 0.25) is 0 Å². The van der Waals surface area contributed by atoms with E-state index in [0.29, 0.717) is 12.8 Å². The fraction of sp³-hybridized carbons (Fsp3) is 0.730. The number of Topliss-reactive ketones (excluding diaryl/α,β-unsaturated/α-hetero) is 1. The minimum atomic E-state index is -1.87. The van der Waals surface area contributed by atoms with Crippen LogP contribution in [0.25, 0.3) is 0 Å². The van der Waals surface area contributed by atoms with Crippen LogP contribution in [0.5, 0.6) is 0 Å². The average molecular weight is 710 g/mol. The molecule has 0 aliphatic carbocycles. The van der Waals surface area contributed by atoms with Gasteiger partial charge in [0.05, 0.1) is 54.7 Å². The molecule has 3 rings (SSSR count). The molecule has 284 valence electrons. The van der Waals surface area contributed by atoms with E-state index in [1.54, 1.807) is 64.2 Å². The first-order valence-electron chi connectivity index (χ1n) is 17.9. The van der Waals surface area contributed by atoms with Crippen LogP contribution in [0.4, 0.5) is 0 Å². The molecule has 3 aliphatic heterocycles. The minimum Gasteiger partial charge on any atom is -0.462 e. The monoisotopic (exact) mass is 709 g/mol. The molecule has 0 aromatic carbocycles. The number of esters is 1. The fourth-order valence-electron chi connectivity index (χ4n) is 6.56. The largest absolute Gasteiger partial charge is 0.462 e. The number of fused-ring (bicyclic) bond motifs is 2. The van der Waals surface area contributed by atoms with Crippen LogP contribution in [0, 0.1) is 11.8 Å². The number of hydrogen-bond donors (Lipinski definition) is 7. The summed E-state index contributed by atoms with van der Waals surface area (Å²) in [7, 11) is 0. The topological polar surface area (TPSA) is 218 Å². The van der Waals surface area contributed by atoms with Crippen LogP contribution in [0.15, 0.2) is 48.6 Å². The average Bonchev–Trinajstić information content (AvgIpc) is 3.03. The Morgan fingerprint density at radius 1 is 0.940 bits per heavy atom. The summed E-state index contributed by atoms with van der Waals surface area (Å²) < 4.78 is 23.6. The normalized spacial score (nSPS) is 42.3. The second-order valence-corrected chi connectivity index (χ2v) is 14.1. The highest BCUT2D eigenvalue weighted by Gasteiger charge is 2.47. The van der Waals surface area contributed by atoms with Crippen LogP contribution < -0.4 is 5.73 Å². The molecule has 6 unspecified atom stereocenters. The lowest BCUT2D eigenvalue weighted by Crippen LogP contribution is -2.61. The van der Waals surface area contributed by atoms with Crippen LogP contribution in [0.3, 0.4) is 0 Å². The minimum absolute atomic E-state index is 0.0596. The van der Waals surface area contributed by atoms with Gasteiger partial charge in [-0.25, -0.2) is 0 Å². The summed E-state index contributed by atoms with van der Waals surface area (Å²) in [6, 6.07) is -1.00. The molecule has 0 radical (unpaired) electrons. The summed E-state index contributed by atoms with van der Waals surface area (Å²) in [5.41, 5.74) is 6.02. The van der Waals surface area contributed by atoms with Crippen molar-refractivity contribution in [2.45, 2.75) is 159 Å². The molecule has 2 saturated heterocycles. The quantitative estimate of drug-likeness (QED) is 0.209. The van der Waals surface area contributed by atoms with Crippen molar-refractivity contribution in [3.8, 4) is 0 Å². The van der Waals surface area contributed by atoms with Crippen molar-refractivity contribution < 1.29 is 59.2 Å². The SMILES string of the molecule is CC[C@@H]1C(=O)O[C@H](C)CC=CC=CC=CC=C[C@H](OC2OC(C)C(O)C(N)C2O)CC2O[C@](O)(C[C@@H](O)CCCC(=O)C[C@H]1O)C[C@H](O)[C@H]2C. The maximum atomic E-state index is 12.8. The number of cyclic esters (lactones) is 1. The molecule has 14 atom stereocenters. The van der Waals surface area contributed by atoms with Crippen molar-refractivity contribution >= 4 is 11.8 Å². The van der Waals surface area contributed by atoms with E-state index in [1.165, 1.54) is 0 Å². The summed E-state index contributed by atoms with van der Waals surface area (Å²) in [5.74, 6) is -3.97. The van der Waals surface area contributed by atoms with Crippen LogP contribution >= 0.6 is 0 Å². The predicted octanol–water partition coefficient (Wildman–Crippen LogP) is 1.86. The Balaban J connectivity index is 1.82. The summed E-state index contributed by atoms with van der Waals surface area (Å²) in [5, 5.41) is 64.8. The molecular formula is C37H59NO12. The molecule has 0 aromatic heterocycles. The first-order chi connectivity index (χ1) is 23.6. The summed E-state index contributed by atoms with van der Waals surface area (Å²) in [6.45, 7) is 6.91. The molecule has 3 heterocycles. The van der Waals surface area contributed by atoms with Crippen molar-refractivity contribution in [3.05, 3.63) is 48.6 Å². The van der Waals surface area contributed by atoms with Crippen molar-refractivity contribution in [3.63, 3.8) is 0 Å². The Morgan fingerprint density at radius 2 is 1.62 bits per heavy atom. The third-order valence-corrected chi connectivity index (χ3v) is 9.76. The Morgan fingerprint density at radius 3 is 2.32 bits per heavy atom. The van der Waals surface area contributed by atoms with Gasteiger partial charge in [-0.1, -0.05) is 62.5 Å². The van der Waals surface area contributed by atoms with Gasteiger partial charge in [0.1, 0.15) is 18.0 Å². The number of hydrogen-bond acceptors (Lipinski definition) is 13. The first-order valence-corrected chi connectivity index (χ1v) is 17.9. The zero-order valence-corrected chi connectivity index (χ0v) is 29.7. The number of aliphatic hydroxyl groups is 6. The van der Waals surface area contributed by atoms with Gasteiger partial charge in [-0.15, -0.1) is 0 Å². The van der Waals surface area contributed by atoms with E-state index in [0.717, 1.165) is 0 Å². The van der Waals surface area contributed by atoms with Crippen molar-refractivity contribution in [2.24, 2.45) is 17.6 Å². The molecule has 13 heteroatoms. The van der Waals surface area contributed by atoms with Gasteiger partial charge >= 0.3 is 5.97 Å². The first kappa shape index (κ1) is 42.1. The smallest absolute Gasteiger partial charge is 0.311 e. The third-order valence-electron chi connectivity index (χ3n) is 9.76. The van der Waals surface area contributed by atoms with Crippen molar-refractivity contribution in [1.82, 2.24) is 0 Å². The second kappa shape index (κ2) is 20.1. The van der Waals surface area contributed by atoms with Gasteiger partial charge in [-0.2, -0.15) is 0 Å². The number of ether oxygens (including phenoxy) is 4. The van der Waals surface area contributed by atoms with Gasteiger partial charge < -0.3 is 55.3 Å². The molecule has 8 N–H and O–H groups in total. The van der Waals surface area contributed by atoms with Crippen LogP contribution in [-0.2, 0) is 28.5 Å². The maximum absolute atomic E-state index is 12.8. The highest BCUT2D eigenvalue weighted by atomic mass is 16.7. The maximum Gasteiger partial charge on any atom is 0.311 e. The van der Waals surface area contributed by atoms with Gasteiger partial charge in [0.2, 0.25) is 0 Å². The molecule has 3 aliphatic rings. The van der Waals surface area contributed by atoms with E-state index >= 15 is 0 Å². The Kier molecular flexibility index (Phi) is 16.9. The molecule has 2 bridgehead atoms. The number of rotatable bonds is 3. The summed E-state index contributed by atoms with van der Waals surface area (Å²) in [4.78, 5) is 25.4. The van der Waals surface area contributed by atoms with E-state index in [9.17, 15) is 40.2 Å². The molecular weight excluding hydrogens is 650 g/mol. The van der Waals surface area contributed by atoms with Gasteiger partial charge in [0.25, 0.3) is 0 Å². The summed E-state index contributed by atoms with van der Waals surface area (Å²) in [6.07, 6.45) is 5.63. The molecule has 0 aromatic rings. The zero-order valence-electron chi connectivity index (χ0n) is 29.7. The van der Waals surface area contributed by atoms with Gasteiger partial charge in [0, 0.05) is 44.4 Å². The summed E-state index contributed by atoms with van der Waals surface area (Å²) >= 11 is 0. The molecule has 2 fully saturated rings. The second-order valence-electron chi connectivity index (χ2n) is 14.1. The lowest BCUT2D eigenvalue weighted by molar-refractivity contribution is -0.308. The Hall–Kier alpha value is -2.30. The van der Waals surface area contributed by atoms with E-state index in [1.807, 2.05) is 12.2 Å². The predicted molar refractivity (Wildman–Crippen MR) is 184 cm³/mol. The zero-order chi connectivity index (χ0) is 37.0. The lowest BCUT2D eigenvalue weighted by Gasteiger charge is -2.45. The van der Waals surface area contributed by atoms with Gasteiger partial charge in [0.15, 0.2) is 12.1 Å². The Labute approximate surface area is 295 Å². The molecule has 0 spiro atoms. The van der Waals surface area contributed by atoms with E-state index in [-0.39, 0.29) is 50.7 Å². The van der Waals surface area contributed by atoms with Crippen molar-refractivity contribution in [2.75, 3.05) is 0 Å². The highest BCUT2D eigenvalue weighted by molar-refractivity contribution is 5.80. The fourth-order valence-corrected chi connectivity index (χ4v) is 6.56. The van der Waals surface area contributed by atoms with Gasteiger partial charge in [-0.3, -0.25) is 9.59 Å². The molecule has 13 nitrogen and oxygen atoms in total. The van der Waals surface area contributed by atoms with Gasteiger partial charge in [-0.05, 0) is 33.1 Å². The number of ketones is 1. The van der Waals surface area contributed by atoms with Crippen molar-refractivity contribution in [1.29, 1.82) is 0 Å². The number of aliphatic hydroxyl groups excluding tert-OH is 5. The van der Waals surface area contributed by atoms with E-state index < -0.39 is 90.9 Å². The van der Waals surface area contributed by atoms with Crippen LogP contribution in [0.1, 0.15) is 85.5 Å². The number of carbonyl (C=O) groups excluding carboxylic acids is 2.